The van der Waals surface area contributed by atoms with Crippen molar-refractivity contribution in [2.75, 3.05) is 6.61 Å². The number of fused-ring (bicyclic) bond motifs is 2. The van der Waals surface area contributed by atoms with E-state index in [4.69, 9.17) is 4.74 Å². The predicted molar refractivity (Wildman–Crippen MR) is 97.0 cm³/mol. The van der Waals surface area contributed by atoms with Crippen molar-refractivity contribution in [3.63, 3.8) is 0 Å². The normalized spacial score (nSPS) is 17.3. The SMILES string of the molecule is O=c1c2c(-c3ccccc3)n3ncnc3nc2ccn1C[C@@H]1CCCO1. The second-order valence-corrected chi connectivity index (χ2v) is 6.47. The first-order valence-electron chi connectivity index (χ1n) is 8.71. The minimum atomic E-state index is -0.0817. The molecule has 1 fully saturated rings. The van der Waals surface area contributed by atoms with Crippen LogP contribution in [0.25, 0.3) is 27.9 Å². The van der Waals surface area contributed by atoms with Gasteiger partial charge in [-0.25, -0.2) is 4.98 Å². The van der Waals surface area contributed by atoms with Crippen LogP contribution in [-0.2, 0) is 11.3 Å². The van der Waals surface area contributed by atoms with E-state index in [-0.39, 0.29) is 11.7 Å². The highest BCUT2D eigenvalue weighted by Gasteiger charge is 2.20. The van der Waals surface area contributed by atoms with Gasteiger partial charge in [-0.15, -0.1) is 0 Å². The number of rotatable bonds is 3. The lowest BCUT2D eigenvalue weighted by atomic mass is 10.1. The highest BCUT2D eigenvalue weighted by atomic mass is 16.5. The van der Waals surface area contributed by atoms with Crippen molar-refractivity contribution in [3.05, 3.63) is 59.3 Å². The van der Waals surface area contributed by atoms with Crippen molar-refractivity contribution < 1.29 is 4.74 Å². The van der Waals surface area contributed by atoms with E-state index in [0.717, 1.165) is 30.7 Å². The lowest BCUT2D eigenvalue weighted by Gasteiger charge is -2.14. The highest BCUT2D eigenvalue weighted by Crippen LogP contribution is 2.25. The van der Waals surface area contributed by atoms with Crippen molar-refractivity contribution in [2.45, 2.75) is 25.5 Å². The Bertz CT molecular complexity index is 1140. The van der Waals surface area contributed by atoms with Crippen molar-refractivity contribution in [1.29, 1.82) is 0 Å². The molecule has 7 nitrogen and oxygen atoms in total. The number of hydrogen-bond acceptors (Lipinski definition) is 5. The molecule has 0 spiro atoms. The van der Waals surface area contributed by atoms with E-state index in [1.807, 2.05) is 36.4 Å². The average molecular weight is 347 g/mol. The Kier molecular flexibility index (Phi) is 3.53. The molecule has 0 bridgehead atoms. The summed E-state index contributed by atoms with van der Waals surface area (Å²) >= 11 is 0. The molecule has 4 aromatic rings. The first-order valence-corrected chi connectivity index (χ1v) is 8.71. The summed E-state index contributed by atoms with van der Waals surface area (Å²) in [7, 11) is 0. The molecule has 0 radical (unpaired) electrons. The van der Waals surface area contributed by atoms with Crippen molar-refractivity contribution in [3.8, 4) is 11.3 Å². The minimum absolute atomic E-state index is 0.0817. The Morgan fingerprint density at radius 1 is 1.19 bits per heavy atom. The van der Waals surface area contributed by atoms with Gasteiger partial charge in [0, 0.05) is 18.4 Å². The van der Waals surface area contributed by atoms with Crippen LogP contribution in [0.2, 0.25) is 0 Å². The van der Waals surface area contributed by atoms with Crippen molar-refractivity contribution >= 4 is 16.7 Å². The Balaban J connectivity index is 1.80. The summed E-state index contributed by atoms with van der Waals surface area (Å²) in [6.07, 6.45) is 5.37. The number of pyridine rings is 1. The number of aromatic nitrogens is 5. The van der Waals surface area contributed by atoms with E-state index >= 15 is 0 Å². The largest absolute Gasteiger partial charge is 0.376 e. The Morgan fingerprint density at radius 2 is 2.08 bits per heavy atom. The maximum Gasteiger partial charge on any atom is 0.262 e. The van der Waals surface area contributed by atoms with E-state index in [2.05, 4.69) is 15.1 Å². The molecule has 0 unspecified atom stereocenters. The van der Waals surface area contributed by atoms with Crippen LogP contribution in [0, 0.1) is 0 Å². The summed E-state index contributed by atoms with van der Waals surface area (Å²) in [6, 6.07) is 11.6. The zero-order valence-electron chi connectivity index (χ0n) is 14.1. The van der Waals surface area contributed by atoms with Crippen molar-refractivity contribution in [2.24, 2.45) is 0 Å². The monoisotopic (exact) mass is 347 g/mol. The molecule has 130 valence electrons. The van der Waals surface area contributed by atoms with Crippen LogP contribution in [0.4, 0.5) is 0 Å². The highest BCUT2D eigenvalue weighted by molar-refractivity contribution is 5.93. The quantitative estimate of drug-likeness (QED) is 0.568. The third-order valence-corrected chi connectivity index (χ3v) is 4.81. The fraction of sp³-hybridized carbons (Fsp3) is 0.263. The van der Waals surface area contributed by atoms with E-state index in [1.165, 1.54) is 6.33 Å². The van der Waals surface area contributed by atoms with Crippen LogP contribution >= 0.6 is 0 Å². The molecule has 4 heterocycles. The standard InChI is InChI=1S/C19H17N5O2/c25-18-16-15(8-9-23(18)11-14-7-4-10-26-14)22-19-20-12-21-24(19)17(16)13-5-2-1-3-6-13/h1-3,5-6,8-9,12,14H,4,7,10-11H2/t14-/m0/s1. The zero-order valence-corrected chi connectivity index (χ0v) is 14.1. The van der Waals surface area contributed by atoms with E-state index in [9.17, 15) is 4.79 Å². The summed E-state index contributed by atoms with van der Waals surface area (Å²) in [5, 5.41) is 4.84. The van der Waals surface area contributed by atoms with E-state index in [1.54, 1.807) is 15.3 Å². The predicted octanol–water partition coefficient (Wildman–Crippen LogP) is 2.29. The maximum absolute atomic E-state index is 13.3. The molecule has 7 heteroatoms. The van der Waals surface area contributed by atoms with Gasteiger partial charge in [0.05, 0.1) is 29.2 Å². The molecule has 1 saturated heterocycles. The molecular formula is C19H17N5O2. The second-order valence-electron chi connectivity index (χ2n) is 6.47. The Morgan fingerprint density at radius 3 is 2.88 bits per heavy atom. The van der Waals surface area contributed by atoms with Gasteiger partial charge in [-0.3, -0.25) is 4.79 Å². The Labute approximate surface area is 148 Å². The summed E-state index contributed by atoms with van der Waals surface area (Å²) in [4.78, 5) is 22.0. The third-order valence-electron chi connectivity index (χ3n) is 4.81. The molecule has 0 N–H and O–H groups in total. The van der Waals surface area contributed by atoms with Gasteiger partial charge in [-0.05, 0) is 18.9 Å². The van der Waals surface area contributed by atoms with Gasteiger partial charge in [-0.2, -0.15) is 14.6 Å². The lowest BCUT2D eigenvalue weighted by Crippen LogP contribution is -2.26. The van der Waals surface area contributed by atoms with Gasteiger partial charge in [-0.1, -0.05) is 30.3 Å². The van der Waals surface area contributed by atoms with Gasteiger partial charge in [0.25, 0.3) is 11.3 Å². The van der Waals surface area contributed by atoms with E-state index in [0.29, 0.717) is 23.2 Å². The van der Waals surface area contributed by atoms with Gasteiger partial charge in [0.2, 0.25) is 0 Å². The summed E-state index contributed by atoms with van der Waals surface area (Å²) in [5.41, 5.74) is 2.16. The van der Waals surface area contributed by atoms with Gasteiger partial charge in [0.15, 0.2) is 0 Å². The molecule has 1 atom stereocenters. The smallest absolute Gasteiger partial charge is 0.262 e. The third kappa shape index (κ3) is 2.40. The average Bonchev–Trinajstić information content (AvgIpc) is 3.34. The number of nitrogens with zero attached hydrogens (tertiary/aromatic N) is 5. The van der Waals surface area contributed by atoms with E-state index < -0.39 is 0 Å². The molecule has 0 aliphatic carbocycles. The van der Waals surface area contributed by atoms with Crippen LogP contribution in [0.15, 0.2) is 53.7 Å². The van der Waals surface area contributed by atoms with Crippen LogP contribution in [0.3, 0.4) is 0 Å². The fourth-order valence-corrected chi connectivity index (χ4v) is 3.58. The van der Waals surface area contributed by atoms with Gasteiger partial charge < -0.3 is 9.30 Å². The van der Waals surface area contributed by atoms with Crippen molar-refractivity contribution in [1.82, 2.24) is 24.1 Å². The topological polar surface area (TPSA) is 74.3 Å². The maximum atomic E-state index is 13.3. The second kappa shape index (κ2) is 6.03. The molecular weight excluding hydrogens is 330 g/mol. The van der Waals surface area contributed by atoms with Crippen LogP contribution < -0.4 is 5.56 Å². The minimum Gasteiger partial charge on any atom is -0.376 e. The molecule has 0 saturated carbocycles. The van der Waals surface area contributed by atoms with Crippen LogP contribution in [0.1, 0.15) is 12.8 Å². The zero-order chi connectivity index (χ0) is 17.5. The molecule has 1 aliphatic heterocycles. The first kappa shape index (κ1) is 15.2. The summed E-state index contributed by atoms with van der Waals surface area (Å²) in [6.45, 7) is 1.32. The molecule has 5 rings (SSSR count). The molecule has 1 aromatic carbocycles. The van der Waals surface area contributed by atoms with Gasteiger partial charge >= 0.3 is 0 Å². The molecule has 1 aliphatic rings. The summed E-state index contributed by atoms with van der Waals surface area (Å²) in [5.74, 6) is 0.479. The number of benzene rings is 1. The number of hydrogen-bond donors (Lipinski definition) is 0. The fourth-order valence-electron chi connectivity index (χ4n) is 3.58. The molecule has 3 aromatic heterocycles. The Hall–Kier alpha value is -3.06. The molecule has 0 amide bonds. The lowest BCUT2D eigenvalue weighted by molar-refractivity contribution is 0.0963. The molecule has 26 heavy (non-hydrogen) atoms. The van der Waals surface area contributed by atoms with Crippen LogP contribution in [0.5, 0.6) is 0 Å². The van der Waals surface area contributed by atoms with Gasteiger partial charge in [0.1, 0.15) is 6.33 Å². The number of ether oxygens (including phenoxy) is 1. The van der Waals surface area contributed by atoms with Crippen LogP contribution in [-0.4, -0.2) is 36.9 Å². The first-order chi connectivity index (χ1) is 12.8. The summed E-state index contributed by atoms with van der Waals surface area (Å²) < 4.78 is 9.05.